The van der Waals surface area contributed by atoms with Gasteiger partial charge in [0, 0.05) is 30.6 Å². The van der Waals surface area contributed by atoms with Crippen LogP contribution in [0.5, 0.6) is 5.88 Å². The van der Waals surface area contributed by atoms with Gasteiger partial charge in [0.15, 0.2) is 0 Å². The fraction of sp³-hybridized carbons (Fsp3) is 0.300. The molecule has 0 spiro atoms. The highest BCUT2D eigenvalue weighted by Crippen LogP contribution is 2.31. The van der Waals surface area contributed by atoms with Crippen LogP contribution in [0.15, 0.2) is 42.7 Å². The summed E-state index contributed by atoms with van der Waals surface area (Å²) in [7, 11) is 1.53. The maximum Gasteiger partial charge on any atom is 0.416 e. The van der Waals surface area contributed by atoms with Crippen molar-refractivity contribution in [2.24, 2.45) is 0 Å². The van der Waals surface area contributed by atoms with Crippen molar-refractivity contribution in [3.8, 4) is 17.1 Å². The quantitative estimate of drug-likeness (QED) is 0.701. The van der Waals surface area contributed by atoms with Crippen LogP contribution in [0.2, 0.25) is 0 Å². The third-order valence-corrected chi connectivity index (χ3v) is 4.90. The Morgan fingerprint density at radius 2 is 2.00 bits per heavy atom. The number of ether oxygens (including phenoxy) is 1. The number of pyridine rings is 2. The van der Waals surface area contributed by atoms with Gasteiger partial charge in [0.05, 0.1) is 30.1 Å². The Balaban J connectivity index is 1.58. The Kier molecular flexibility index (Phi) is 5.15. The number of halogens is 3. The SMILES string of the molecule is COc1cc(-c2cc3n(n2)CCC[C@@H]3NC(=O)c2cc(C(F)(F)F)ccn2)ccn1. The first kappa shape index (κ1) is 19.9. The van der Waals surface area contributed by atoms with E-state index >= 15 is 0 Å². The van der Waals surface area contributed by atoms with Crippen LogP contribution in [-0.2, 0) is 12.7 Å². The summed E-state index contributed by atoms with van der Waals surface area (Å²) in [5, 5.41) is 7.38. The van der Waals surface area contributed by atoms with Gasteiger partial charge in [-0.05, 0) is 37.1 Å². The van der Waals surface area contributed by atoms with Crippen molar-refractivity contribution in [1.29, 1.82) is 0 Å². The molecule has 0 saturated heterocycles. The summed E-state index contributed by atoms with van der Waals surface area (Å²) in [6.07, 6.45) is -0.519. The molecule has 1 amide bonds. The Morgan fingerprint density at radius 1 is 1.20 bits per heavy atom. The Hall–Kier alpha value is -3.43. The van der Waals surface area contributed by atoms with E-state index in [2.05, 4.69) is 20.4 Å². The molecule has 0 aromatic carbocycles. The molecule has 4 heterocycles. The standard InChI is InChI=1S/C20H18F3N5O2/c1-30-18-9-12(4-6-25-18)15-11-17-14(3-2-8-28(17)27-15)26-19(29)16-10-13(5-7-24-16)20(21,22)23/h4-7,9-11,14H,2-3,8H2,1H3,(H,26,29)/t14-/m0/s1. The number of methoxy groups -OCH3 is 1. The largest absolute Gasteiger partial charge is 0.481 e. The van der Waals surface area contributed by atoms with Gasteiger partial charge in [-0.3, -0.25) is 14.5 Å². The van der Waals surface area contributed by atoms with E-state index in [0.29, 0.717) is 24.5 Å². The molecule has 1 aliphatic rings. The average molecular weight is 417 g/mol. The minimum Gasteiger partial charge on any atom is -0.481 e. The smallest absolute Gasteiger partial charge is 0.416 e. The van der Waals surface area contributed by atoms with E-state index in [1.807, 2.05) is 6.07 Å². The van der Waals surface area contributed by atoms with Gasteiger partial charge >= 0.3 is 6.18 Å². The monoisotopic (exact) mass is 417 g/mol. The third-order valence-electron chi connectivity index (χ3n) is 4.90. The van der Waals surface area contributed by atoms with E-state index in [1.54, 1.807) is 23.0 Å². The summed E-state index contributed by atoms with van der Waals surface area (Å²) in [6.45, 7) is 0.686. The molecule has 0 radical (unpaired) electrons. The first-order chi connectivity index (χ1) is 14.3. The highest BCUT2D eigenvalue weighted by molar-refractivity contribution is 5.92. The summed E-state index contributed by atoms with van der Waals surface area (Å²) in [6, 6.07) is 6.63. The predicted octanol–water partition coefficient (Wildman–Crippen LogP) is 3.63. The molecule has 3 aromatic heterocycles. The molecule has 30 heavy (non-hydrogen) atoms. The lowest BCUT2D eigenvalue weighted by Crippen LogP contribution is -2.33. The molecule has 0 unspecified atom stereocenters. The molecule has 7 nitrogen and oxygen atoms in total. The zero-order chi connectivity index (χ0) is 21.3. The lowest BCUT2D eigenvalue weighted by atomic mass is 10.0. The van der Waals surface area contributed by atoms with Crippen LogP contribution < -0.4 is 10.1 Å². The molecule has 0 bridgehead atoms. The van der Waals surface area contributed by atoms with E-state index < -0.39 is 17.6 Å². The Morgan fingerprint density at radius 3 is 2.77 bits per heavy atom. The molecule has 0 saturated carbocycles. The lowest BCUT2D eigenvalue weighted by Gasteiger charge is -2.24. The first-order valence-electron chi connectivity index (χ1n) is 9.27. The average Bonchev–Trinajstić information content (AvgIpc) is 3.19. The number of aromatic nitrogens is 4. The molecule has 0 aliphatic carbocycles. The fourth-order valence-corrected chi connectivity index (χ4v) is 3.41. The van der Waals surface area contributed by atoms with E-state index in [0.717, 1.165) is 36.0 Å². The summed E-state index contributed by atoms with van der Waals surface area (Å²) >= 11 is 0. The second kappa shape index (κ2) is 7.77. The van der Waals surface area contributed by atoms with Crippen molar-refractivity contribution >= 4 is 5.91 Å². The van der Waals surface area contributed by atoms with Crippen LogP contribution in [0.3, 0.4) is 0 Å². The normalized spacial score (nSPS) is 16.1. The highest BCUT2D eigenvalue weighted by Gasteiger charge is 2.32. The molecule has 156 valence electrons. The molecule has 1 N–H and O–H groups in total. The van der Waals surface area contributed by atoms with Gasteiger partial charge in [-0.2, -0.15) is 18.3 Å². The molecule has 1 aliphatic heterocycles. The van der Waals surface area contributed by atoms with Crippen molar-refractivity contribution in [3.05, 3.63) is 59.7 Å². The van der Waals surface area contributed by atoms with Crippen molar-refractivity contribution in [1.82, 2.24) is 25.1 Å². The van der Waals surface area contributed by atoms with Gasteiger partial charge in [0.2, 0.25) is 5.88 Å². The topological polar surface area (TPSA) is 81.9 Å². The number of hydrogen-bond donors (Lipinski definition) is 1. The number of nitrogens with one attached hydrogen (secondary N) is 1. The van der Waals surface area contributed by atoms with Crippen molar-refractivity contribution in [3.63, 3.8) is 0 Å². The molecular weight excluding hydrogens is 399 g/mol. The van der Waals surface area contributed by atoms with Crippen LogP contribution in [0, 0.1) is 0 Å². The minimum atomic E-state index is -4.54. The minimum absolute atomic E-state index is 0.277. The molecule has 1 atom stereocenters. The number of rotatable bonds is 4. The van der Waals surface area contributed by atoms with Crippen LogP contribution in [-0.4, -0.2) is 32.8 Å². The number of fused-ring (bicyclic) bond motifs is 1. The lowest BCUT2D eigenvalue weighted by molar-refractivity contribution is -0.137. The summed E-state index contributed by atoms with van der Waals surface area (Å²) in [5.74, 6) is -0.202. The summed E-state index contributed by atoms with van der Waals surface area (Å²) < 4.78 is 45.7. The van der Waals surface area contributed by atoms with Crippen LogP contribution in [0.4, 0.5) is 13.2 Å². The van der Waals surface area contributed by atoms with Crippen LogP contribution in [0.1, 0.15) is 40.6 Å². The van der Waals surface area contributed by atoms with Gasteiger partial charge in [-0.15, -0.1) is 0 Å². The molecular formula is C20H18F3N5O2. The summed E-state index contributed by atoms with van der Waals surface area (Å²) in [4.78, 5) is 20.4. The number of carbonyl (C=O) groups is 1. The van der Waals surface area contributed by atoms with Gasteiger partial charge < -0.3 is 10.1 Å². The maximum absolute atomic E-state index is 12.9. The predicted molar refractivity (Wildman–Crippen MR) is 101 cm³/mol. The maximum atomic E-state index is 12.9. The Labute approximate surface area is 169 Å². The van der Waals surface area contributed by atoms with Crippen LogP contribution >= 0.6 is 0 Å². The second-order valence-electron chi connectivity index (χ2n) is 6.86. The number of alkyl halides is 3. The van der Waals surface area contributed by atoms with Gasteiger partial charge in [-0.25, -0.2) is 4.98 Å². The van der Waals surface area contributed by atoms with E-state index in [-0.39, 0.29) is 11.7 Å². The second-order valence-corrected chi connectivity index (χ2v) is 6.86. The van der Waals surface area contributed by atoms with E-state index in [9.17, 15) is 18.0 Å². The van der Waals surface area contributed by atoms with Gasteiger partial charge in [0.1, 0.15) is 5.69 Å². The van der Waals surface area contributed by atoms with Gasteiger partial charge in [0.25, 0.3) is 5.91 Å². The Bertz CT molecular complexity index is 1080. The van der Waals surface area contributed by atoms with Crippen molar-refractivity contribution in [2.45, 2.75) is 31.6 Å². The zero-order valence-corrected chi connectivity index (χ0v) is 16.0. The number of hydrogen-bond acceptors (Lipinski definition) is 5. The molecule has 3 aromatic rings. The van der Waals surface area contributed by atoms with Gasteiger partial charge in [-0.1, -0.05) is 0 Å². The van der Waals surface area contributed by atoms with Crippen molar-refractivity contribution < 1.29 is 22.7 Å². The molecule has 0 fully saturated rings. The number of carbonyl (C=O) groups excluding carboxylic acids is 1. The number of amides is 1. The molecule has 4 rings (SSSR count). The van der Waals surface area contributed by atoms with E-state index in [1.165, 1.54) is 7.11 Å². The van der Waals surface area contributed by atoms with E-state index in [4.69, 9.17) is 4.74 Å². The summed E-state index contributed by atoms with van der Waals surface area (Å²) in [5.41, 5.74) is 1.11. The molecule has 10 heteroatoms. The van der Waals surface area contributed by atoms with Crippen LogP contribution in [0.25, 0.3) is 11.3 Å². The van der Waals surface area contributed by atoms with Crippen molar-refractivity contribution in [2.75, 3.05) is 7.11 Å². The first-order valence-corrected chi connectivity index (χ1v) is 9.27. The number of nitrogens with zero attached hydrogens (tertiary/aromatic N) is 4. The zero-order valence-electron chi connectivity index (χ0n) is 16.0. The number of aryl methyl sites for hydroxylation is 1. The third kappa shape index (κ3) is 3.98. The highest BCUT2D eigenvalue weighted by atomic mass is 19.4. The fourth-order valence-electron chi connectivity index (χ4n) is 3.41.